The minimum absolute atomic E-state index is 0.619. The summed E-state index contributed by atoms with van der Waals surface area (Å²) in [5.41, 5.74) is 2.14. The molecule has 1 saturated carbocycles. The molecule has 0 atom stereocenters. The van der Waals surface area contributed by atoms with E-state index in [4.69, 9.17) is 0 Å². The van der Waals surface area contributed by atoms with E-state index >= 15 is 0 Å². The Balaban J connectivity index is 1.87. The first-order chi connectivity index (χ1) is 6.13. The Labute approximate surface area is 81.8 Å². The quantitative estimate of drug-likeness (QED) is 0.630. The zero-order valence-corrected chi connectivity index (χ0v) is 8.97. The third-order valence-corrected chi connectivity index (χ3v) is 3.85. The van der Waals surface area contributed by atoms with Gasteiger partial charge in [-0.1, -0.05) is 20.4 Å². The van der Waals surface area contributed by atoms with E-state index in [-0.39, 0.29) is 0 Å². The number of likely N-dealkylation sites (tertiary alicyclic amines) is 1. The molecule has 1 heterocycles. The lowest BCUT2D eigenvalue weighted by atomic mass is 9.92. The highest BCUT2D eigenvalue weighted by Gasteiger charge is 2.44. The highest BCUT2D eigenvalue weighted by Crippen LogP contribution is 2.53. The molecule has 74 valence electrons. The third kappa shape index (κ3) is 1.74. The van der Waals surface area contributed by atoms with Gasteiger partial charge in [0.1, 0.15) is 0 Å². The molecule has 1 aliphatic heterocycles. The number of hydrogen-bond acceptors (Lipinski definition) is 1. The zero-order chi connectivity index (χ0) is 9.47. The van der Waals surface area contributed by atoms with Crippen molar-refractivity contribution in [2.75, 3.05) is 13.1 Å². The van der Waals surface area contributed by atoms with Gasteiger partial charge >= 0.3 is 0 Å². The summed E-state index contributed by atoms with van der Waals surface area (Å²) in [4.78, 5) is 2.49. The minimum atomic E-state index is 0.619. The molecule has 1 aliphatic carbocycles. The molecule has 1 nitrogen and oxygen atoms in total. The molecule has 13 heavy (non-hydrogen) atoms. The van der Waals surface area contributed by atoms with Crippen LogP contribution in [-0.4, -0.2) is 18.0 Å². The fourth-order valence-electron chi connectivity index (χ4n) is 2.31. The molecule has 0 aromatic carbocycles. The first kappa shape index (κ1) is 9.11. The molecule has 0 N–H and O–H groups in total. The molecular formula is C12H21N. The van der Waals surface area contributed by atoms with Crippen molar-refractivity contribution in [3.63, 3.8) is 0 Å². The van der Waals surface area contributed by atoms with Gasteiger partial charge in [0.05, 0.1) is 0 Å². The maximum atomic E-state index is 4.17. The first-order valence-electron chi connectivity index (χ1n) is 5.57. The average Bonchev–Trinajstić information content (AvgIpc) is 2.85. The van der Waals surface area contributed by atoms with Crippen LogP contribution in [0, 0.1) is 11.3 Å². The van der Waals surface area contributed by atoms with Crippen molar-refractivity contribution >= 4 is 0 Å². The minimum Gasteiger partial charge on any atom is -0.375 e. The van der Waals surface area contributed by atoms with Gasteiger partial charge in [-0.2, -0.15) is 0 Å². The van der Waals surface area contributed by atoms with Crippen molar-refractivity contribution in [1.82, 2.24) is 4.90 Å². The van der Waals surface area contributed by atoms with Crippen molar-refractivity contribution < 1.29 is 0 Å². The lowest BCUT2D eigenvalue weighted by molar-refractivity contribution is 0.200. The summed E-state index contributed by atoms with van der Waals surface area (Å²) in [5, 5.41) is 0. The molecule has 2 fully saturated rings. The van der Waals surface area contributed by atoms with Crippen LogP contribution in [0.2, 0.25) is 0 Å². The van der Waals surface area contributed by atoms with E-state index < -0.39 is 0 Å². The van der Waals surface area contributed by atoms with Crippen LogP contribution in [0.3, 0.4) is 0 Å². The average molecular weight is 179 g/mol. The van der Waals surface area contributed by atoms with Crippen molar-refractivity contribution in [3.05, 3.63) is 12.3 Å². The van der Waals surface area contributed by atoms with Crippen LogP contribution >= 0.6 is 0 Å². The van der Waals surface area contributed by atoms with Crippen molar-refractivity contribution in [3.8, 4) is 0 Å². The largest absolute Gasteiger partial charge is 0.375 e. The maximum Gasteiger partial charge on any atom is 0.0180 e. The van der Waals surface area contributed by atoms with Crippen molar-refractivity contribution in [2.45, 2.75) is 39.5 Å². The molecule has 0 bridgehead atoms. The van der Waals surface area contributed by atoms with E-state index in [1.807, 2.05) is 0 Å². The second-order valence-corrected chi connectivity index (χ2v) is 5.13. The number of rotatable bonds is 2. The van der Waals surface area contributed by atoms with E-state index in [1.54, 1.807) is 0 Å². The number of hydrogen-bond donors (Lipinski definition) is 0. The molecular weight excluding hydrogens is 158 g/mol. The van der Waals surface area contributed by atoms with E-state index in [0.29, 0.717) is 5.92 Å². The first-order valence-corrected chi connectivity index (χ1v) is 5.57. The molecule has 0 aromatic heterocycles. The van der Waals surface area contributed by atoms with E-state index in [2.05, 4.69) is 25.3 Å². The van der Waals surface area contributed by atoms with Crippen LogP contribution in [-0.2, 0) is 0 Å². The Kier molecular flexibility index (Phi) is 2.13. The Morgan fingerprint density at radius 2 is 1.69 bits per heavy atom. The van der Waals surface area contributed by atoms with Crippen LogP contribution in [0.1, 0.15) is 39.5 Å². The lowest BCUT2D eigenvalue weighted by Gasteiger charge is -2.36. The van der Waals surface area contributed by atoms with Gasteiger partial charge in [-0.05, 0) is 37.0 Å². The zero-order valence-electron chi connectivity index (χ0n) is 8.97. The summed E-state index contributed by atoms with van der Waals surface area (Å²) >= 11 is 0. The van der Waals surface area contributed by atoms with Gasteiger partial charge in [0.15, 0.2) is 0 Å². The van der Waals surface area contributed by atoms with Crippen LogP contribution < -0.4 is 0 Å². The van der Waals surface area contributed by atoms with E-state index in [0.717, 1.165) is 5.41 Å². The molecule has 0 unspecified atom stereocenters. The Morgan fingerprint density at radius 3 is 2.08 bits per heavy atom. The molecule has 2 aliphatic rings. The summed E-state index contributed by atoms with van der Waals surface area (Å²) in [7, 11) is 0. The highest BCUT2D eigenvalue weighted by molar-refractivity contribution is 5.04. The van der Waals surface area contributed by atoms with Crippen molar-refractivity contribution in [1.29, 1.82) is 0 Å². The van der Waals surface area contributed by atoms with E-state index in [9.17, 15) is 0 Å². The molecule has 1 spiro atoms. The van der Waals surface area contributed by atoms with Gasteiger partial charge in [0.25, 0.3) is 0 Å². The SMILES string of the molecule is C=C(C(C)C)N1CCC2(CC1)CC2. The molecule has 1 heteroatoms. The summed E-state index contributed by atoms with van der Waals surface area (Å²) in [6.45, 7) is 11.2. The second kappa shape index (κ2) is 3.04. The smallest absolute Gasteiger partial charge is 0.0180 e. The number of nitrogens with zero attached hydrogens (tertiary/aromatic N) is 1. The predicted molar refractivity (Wildman–Crippen MR) is 56.5 cm³/mol. The summed E-state index contributed by atoms with van der Waals surface area (Å²) in [6.07, 6.45) is 5.82. The number of allylic oxidation sites excluding steroid dienone is 1. The molecule has 0 radical (unpaired) electrons. The Bertz CT molecular complexity index is 203. The standard InChI is InChI=1S/C12H21N/c1-10(2)11(3)13-8-6-12(4-5-12)7-9-13/h10H,3-9H2,1-2H3. The fraction of sp³-hybridized carbons (Fsp3) is 0.833. The van der Waals surface area contributed by atoms with Gasteiger partial charge in [0, 0.05) is 18.8 Å². The highest BCUT2D eigenvalue weighted by atomic mass is 15.1. The van der Waals surface area contributed by atoms with Gasteiger partial charge in [-0.3, -0.25) is 0 Å². The van der Waals surface area contributed by atoms with Gasteiger partial charge in [0.2, 0.25) is 0 Å². The van der Waals surface area contributed by atoms with Crippen LogP contribution in [0.4, 0.5) is 0 Å². The third-order valence-electron chi connectivity index (χ3n) is 3.85. The predicted octanol–water partition coefficient (Wildman–Crippen LogP) is 3.03. The van der Waals surface area contributed by atoms with Gasteiger partial charge in [-0.15, -0.1) is 0 Å². The molecule has 2 rings (SSSR count). The molecule has 0 amide bonds. The summed E-state index contributed by atoms with van der Waals surface area (Å²) in [5.74, 6) is 0.619. The summed E-state index contributed by atoms with van der Waals surface area (Å²) < 4.78 is 0. The number of piperidine rings is 1. The van der Waals surface area contributed by atoms with Crippen LogP contribution in [0.25, 0.3) is 0 Å². The lowest BCUT2D eigenvalue weighted by Crippen LogP contribution is -2.34. The Hall–Kier alpha value is -0.460. The topological polar surface area (TPSA) is 3.24 Å². The van der Waals surface area contributed by atoms with Crippen LogP contribution in [0.15, 0.2) is 12.3 Å². The van der Waals surface area contributed by atoms with Gasteiger partial charge < -0.3 is 4.90 Å². The molecule has 1 saturated heterocycles. The van der Waals surface area contributed by atoms with E-state index in [1.165, 1.54) is 44.5 Å². The monoisotopic (exact) mass is 179 g/mol. The van der Waals surface area contributed by atoms with Crippen molar-refractivity contribution in [2.24, 2.45) is 11.3 Å². The molecule has 0 aromatic rings. The Morgan fingerprint density at radius 1 is 1.15 bits per heavy atom. The normalized spacial score (nSPS) is 25.3. The summed E-state index contributed by atoms with van der Waals surface area (Å²) in [6, 6.07) is 0. The van der Waals surface area contributed by atoms with Crippen LogP contribution in [0.5, 0.6) is 0 Å². The van der Waals surface area contributed by atoms with Gasteiger partial charge in [-0.25, -0.2) is 0 Å². The maximum absolute atomic E-state index is 4.17. The second-order valence-electron chi connectivity index (χ2n) is 5.13. The fourth-order valence-corrected chi connectivity index (χ4v) is 2.31.